The predicted molar refractivity (Wildman–Crippen MR) is 209 cm³/mol. The van der Waals surface area contributed by atoms with Gasteiger partial charge < -0.3 is 34.3 Å². The molecule has 308 valence electrons. The first-order valence-electron chi connectivity index (χ1n) is 21.7. The highest BCUT2D eigenvalue weighted by Crippen LogP contribution is 2.87. The number of fused-ring (bicyclic) bond motifs is 4. The summed E-state index contributed by atoms with van der Waals surface area (Å²) in [5, 5.41) is 30.0. The molecule has 3 saturated heterocycles. The van der Waals surface area contributed by atoms with Gasteiger partial charge in [0.2, 0.25) is 0 Å². The Balaban J connectivity index is 0.00000158. The number of rotatable bonds is 11. The molecule has 9 heteroatoms. The number of aliphatic hydroxyl groups excluding tert-OH is 2. The first-order valence-corrected chi connectivity index (χ1v) is 21.7. The van der Waals surface area contributed by atoms with E-state index in [9.17, 15) is 15.3 Å². The average Bonchev–Trinajstić information content (AvgIpc) is 3.68. The lowest BCUT2D eigenvalue weighted by Crippen LogP contribution is -2.59. The third kappa shape index (κ3) is 7.02. The summed E-state index contributed by atoms with van der Waals surface area (Å²) in [4.78, 5) is 4.72. The second-order valence-electron chi connectivity index (χ2n) is 19.9. The standard InChI is InChI=1S/C41H70N2O7.C2H6.CH4/c1-7-47-36(38(4,5)46)31-10-8-29-32(49-31)18-30-28-9-11-33-37(2,3)34(12-13-41(33)25-40(28,41)15-14-39(29,30)6)50-35-22-42(16-17-48-35)19-26-20-43(21-26)27(23-44)24-45;1-2;/h26-36,44-46H,7-25H2,1-6H3;1-2H3;1H4/t28?,29?,30?,31?,32?,33-,34-,35?,36-,39+,40-,41+;;/m0../s1. The molecule has 12 atom stereocenters. The Morgan fingerprint density at radius 2 is 1.60 bits per heavy atom. The van der Waals surface area contributed by atoms with Crippen LogP contribution in [0.1, 0.15) is 127 Å². The van der Waals surface area contributed by atoms with Gasteiger partial charge in [0.05, 0.1) is 49.8 Å². The van der Waals surface area contributed by atoms with Gasteiger partial charge in [0, 0.05) is 39.3 Å². The molecule has 0 aromatic rings. The molecule has 6 unspecified atom stereocenters. The van der Waals surface area contributed by atoms with E-state index in [0.29, 0.717) is 46.7 Å². The van der Waals surface area contributed by atoms with Crippen molar-refractivity contribution >= 4 is 0 Å². The molecule has 0 aromatic heterocycles. The van der Waals surface area contributed by atoms with Crippen LogP contribution < -0.4 is 0 Å². The number of morpholine rings is 1. The van der Waals surface area contributed by atoms with Crippen molar-refractivity contribution in [3.8, 4) is 0 Å². The molecule has 0 amide bonds. The average molecular weight is 749 g/mol. The van der Waals surface area contributed by atoms with Gasteiger partial charge in [-0.2, -0.15) is 0 Å². The zero-order chi connectivity index (χ0) is 37.3. The molecule has 0 aromatic carbocycles. The number of hydrogen-bond donors (Lipinski definition) is 3. The fourth-order valence-corrected chi connectivity index (χ4v) is 14.4. The molecule has 8 fully saturated rings. The molecule has 9 nitrogen and oxygen atoms in total. The smallest absolute Gasteiger partial charge is 0.170 e. The number of ether oxygens (including phenoxy) is 4. The van der Waals surface area contributed by atoms with Gasteiger partial charge >= 0.3 is 0 Å². The molecule has 3 heterocycles. The molecular weight excluding hydrogens is 668 g/mol. The number of likely N-dealkylation sites (tertiary alicyclic amines) is 1. The first kappa shape index (κ1) is 42.3. The van der Waals surface area contributed by atoms with Crippen LogP contribution in [0, 0.1) is 51.2 Å². The number of nitrogens with zero attached hydrogens (tertiary/aromatic N) is 2. The van der Waals surface area contributed by atoms with Crippen LogP contribution in [-0.2, 0) is 18.9 Å². The summed E-state index contributed by atoms with van der Waals surface area (Å²) in [6.07, 6.45) is 12.8. The number of aliphatic hydroxyl groups is 3. The van der Waals surface area contributed by atoms with Gasteiger partial charge in [0.15, 0.2) is 6.29 Å². The molecule has 0 radical (unpaired) electrons. The quantitative estimate of drug-likeness (QED) is 0.223. The highest BCUT2D eigenvalue weighted by Gasteiger charge is 2.80. The fraction of sp³-hybridized carbons (Fsp3) is 1.00. The first-order chi connectivity index (χ1) is 24.8. The van der Waals surface area contributed by atoms with Crippen LogP contribution >= 0.6 is 0 Å². The summed E-state index contributed by atoms with van der Waals surface area (Å²) in [6.45, 7) is 23.6. The van der Waals surface area contributed by atoms with Crippen molar-refractivity contribution in [2.24, 2.45) is 51.2 Å². The van der Waals surface area contributed by atoms with Gasteiger partial charge in [-0.1, -0.05) is 42.0 Å². The topological polar surface area (TPSA) is 104 Å². The van der Waals surface area contributed by atoms with Crippen LogP contribution in [0.5, 0.6) is 0 Å². The lowest BCUT2D eigenvalue weighted by atomic mass is 9.46. The van der Waals surface area contributed by atoms with E-state index in [1.807, 2.05) is 34.6 Å². The molecule has 5 saturated carbocycles. The van der Waals surface area contributed by atoms with E-state index in [1.165, 1.54) is 51.4 Å². The molecule has 8 aliphatic rings. The van der Waals surface area contributed by atoms with Crippen molar-refractivity contribution in [2.45, 2.75) is 169 Å². The molecule has 3 N–H and O–H groups in total. The summed E-state index contributed by atoms with van der Waals surface area (Å²) in [7, 11) is 0. The van der Waals surface area contributed by atoms with E-state index < -0.39 is 5.60 Å². The van der Waals surface area contributed by atoms with E-state index in [-0.39, 0.29) is 56.7 Å². The minimum Gasteiger partial charge on any atom is -0.395 e. The van der Waals surface area contributed by atoms with Gasteiger partial charge in [-0.3, -0.25) is 9.80 Å². The monoisotopic (exact) mass is 749 g/mol. The minimum atomic E-state index is -0.908. The van der Waals surface area contributed by atoms with Crippen LogP contribution in [0.4, 0.5) is 0 Å². The Bertz CT molecular complexity index is 1220. The molecule has 5 aliphatic carbocycles. The van der Waals surface area contributed by atoms with E-state index in [1.54, 1.807) is 0 Å². The second-order valence-corrected chi connectivity index (χ2v) is 19.9. The third-order valence-corrected chi connectivity index (χ3v) is 16.8. The van der Waals surface area contributed by atoms with Crippen LogP contribution in [0.2, 0.25) is 0 Å². The van der Waals surface area contributed by atoms with Crippen molar-refractivity contribution in [3.05, 3.63) is 0 Å². The second kappa shape index (κ2) is 15.8. The largest absolute Gasteiger partial charge is 0.395 e. The Kier molecular flexibility index (Phi) is 12.6. The van der Waals surface area contributed by atoms with Crippen molar-refractivity contribution in [3.63, 3.8) is 0 Å². The van der Waals surface area contributed by atoms with Crippen molar-refractivity contribution < 1.29 is 34.3 Å². The minimum absolute atomic E-state index is 0. The normalized spacial score (nSPS) is 44.2. The Hall–Kier alpha value is -0.360. The molecule has 8 rings (SSSR count). The Labute approximate surface area is 323 Å². The molecule has 3 aliphatic heterocycles. The van der Waals surface area contributed by atoms with Gasteiger partial charge in [0.25, 0.3) is 0 Å². The number of hydrogen-bond acceptors (Lipinski definition) is 9. The van der Waals surface area contributed by atoms with Crippen LogP contribution in [0.3, 0.4) is 0 Å². The van der Waals surface area contributed by atoms with Crippen molar-refractivity contribution in [1.29, 1.82) is 0 Å². The van der Waals surface area contributed by atoms with E-state index >= 15 is 0 Å². The molecule has 0 bridgehead atoms. The van der Waals surface area contributed by atoms with E-state index in [4.69, 9.17) is 18.9 Å². The Morgan fingerprint density at radius 3 is 2.28 bits per heavy atom. The lowest BCUT2D eigenvalue weighted by Gasteiger charge is -2.60. The van der Waals surface area contributed by atoms with E-state index in [0.717, 1.165) is 64.0 Å². The summed E-state index contributed by atoms with van der Waals surface area (Å²) in [5.41, 5.74) is 0.581. The van der Waals surface area contributed by atoms with E-state index in [2.05, 4.69) is 30.6 Å². The van der Waals surface area contributed by atoms with Crippen molar-refractivity contribution in [1.82, 2.24) is 9.80 Å². The van der Waals surface area contributed by atoms with Crippen molar-refractivity contribution in [2.75, 3.05) is 59.2 Å². The summed E-state index contributed by atoms with van der Waals surface area (Å²) >= 11 is 0. The maximum atomic E-state index is 11.0. The van der Waals surface area contributed by atoms with Crippen LogP contribution in [0.25, 0.3) is 0 Å². The zero-order valence-electron chi connectivity index (χ0n) is 34.2. The van der Waals surface area contributed by atoms with Gasteiger partial charge in [-0.15, -0.1) is 0 Å². The molecule has 2 spiro atoms. The predicted octanol–water partition coefficient (Wildman–Crippen LogP) is 6.36. The molecule has 53 heavy (non-hydrogen) atoms. The highest BCUT2D eigenvalue weighted by atomic mass is 16.7. The third-order valence-electron chi connectivity index (χ3n) is 16.8. The van der Waals surface area contributed by atoms with Crippen LogP contribution in [-0.4, -0.2) is 127 Å². The van der Waals surface area contributed by atoms with Crippen LogP contribution in [0.15, 0.2) is 0 Å². The van der Waals surface area contributed by atoms with Gasteiger partial charge in [-0.25, -0.2) is 0 Å². The highest BCUT2D eigenvalue weighted by molar-refractivity contribution is 5.29. The zero-order valence-corrected chi connectivity index (χ0v) is 34.2. The summed E-state index contributed by atoms with van der Waals surface area (Å²) < 4.78 is 26.4. The summed E-state index contributed by atoms with van der Waals surface area (Å²) in [6, 6.07) is -0.119. The SMILES string of the molecule is C.CC.CCO[C@@H](C1CCC2C(CC3C4CC[C@H]5C(C)(C)[C@@H](OC6CN(CC7CN(C(CO)CO)C7)CCO6)CC[C@@]56C[C@@]46CC[C@]23C)O1)C(C)(C)O. The molecular formula is C44H80N2O7. The maximum absolute atomic E-state index is 11.0. The maximum Gasteiger partial charge on any atom is 0.170 e. The van der Waals surface area contributed by atoms with Gasteiger partial charge in [0.1, 0.15) is 6.10 Å². The lowest BCUT2D eigenvalue weighted by molar-refractivity contribution is -0.246. The van der Waals surface area contributed by atoms with Gasteiger partial charge in [-0.05, 0) is 136 Å². The Morgan fingerprint density at radius 1 is 0.887 bits per heavy atom. The summed E-state index contributed by atoms with van der Waals surface area (Å²) in [5.74, 6) is 3.49. The fourth-order valence-electron chi connectivity index (χ4n) is 14.4.